The Morgan fingerprint density at radius 2 is 1.75 bits per heavy atom. The van der Waals surface area contributed by atoms with Crippen LogP contribution in [-0.4, -0.2) is 51.8 Å². The maximum absolute atomic E-state index is 6.00. The third-order valence-corrected chi connectivity index (χ3v) is 5.70. The average molecular weight is 486 g/mol. The van der Waals surface area contributed by atoms with Gasteiger partial charge in [0.15, 0.2) is 23.0 Å². The molecule has 1 aliphatic rings. The highest BCUT2D eigenvalue weighted by Gasteiger charge is 2.24. The second kappa shape index (κ2) is 10.5. The molecule has 0 aliphatic carbocycles. The Bertz CT molecular complexity index is 1380. The number of benzene rings is 3. The molecule has 8 nitrogen and oxygen atoms in total. The van der Waals surface area contributed by atoms with Gasteiger partial charge in [-0.15, -0.1) is 0 Å². The Kier molecular flexibility index (Phi) is 6.86. The Morgan fingerprint density at radius 3 is 2.44 bits per heavy atom. The molecule has 1 atom stereocenters. The zero-order chi connectivity index (χ0) is 24.9. The number of hydrogen-bond donors (Lipinski definition) is 1. The van der Waals surface area contributed by atoms with Gasteiger partial charge in [0.05, 0.1) is 32.0 Å². The fourth-order valence-electron chi connectivity index (χ4n) is 3.79. The summed E-state index contributed by atoms with van der Waals surface area (Å²) in [5.74, 6) is 3.28. The summed E-state index contributed by atoms with van der Waals surface area (Å²) in [5, 5.41) is 4.40. The first kappa shape index (κ1) is 23.4. The molecule has 1 aliphatic heterocycles. The molecular weight excluding hydrogens is 458 g/mol. The van der Waals surface area contributed by atoms with E-state index < -0.39 is 0 Å². The van der Waals surface area contributed by atoms with Gasteiger partial charge < -0.3 is 29.0 Å². The summed E-state index contributed by atoms with van der Waals surface area (Å²) < 4.78 is 28.2. The normalized spacial score (nSPS) is 14.6. The van der Waals surface area contributed by atoms with E-state index in [0.29, 0.717) is 35.4 Å². The monoisotopic (exact) mass is 485 g/mol. The van der Waals surface area contributed by atoms with Crippen molar-refractivity contribution < 1.29 is 23.7 Å². The molecule has 1 N–H and O–H groups in total. The van der Waals surface area contributed by atoms with Crippen molar-refractivity contribution in [1.29, 1.82) is 0 Å². The summed E-state index contributed by atoms with van der Waals surface area (Å²) in [6.07, 6.45) is 3.71. The molecule has 0 radical (unpaired) electrons. The number of methoxy groups -OCH3 is 2. The molecule has 8 heteroatoms. The minimum Gasteiger partial charge on any atom is -0.493 e. The molecule has 36 heavy (non-hydrogen) atoms. The van der Waals surface area contributed by atoms with Gasteiger partial charge >= 0.3 is 0 Å². The fraction of sp³-hybridized carbons (Fsp3) is 0.214. The Hall–Kier alpha value is -4.30. The van der Waals surface area contributed by atoms with Gasteiger partial charge in [-0.2, -0.15) is 0 Å². The fourth-order valence-corrected chi connectivity index (χ4v) is 3.79. The van der Waals surface area contributed by atoms with Crippen LogP contribution in [0.3, 0.4) is 0 Å². The number of rotatable bonds is 10. The second-order valence-electron chi connectivity index (χ2n) is 8.16. The maximum atomic E-state index is 6.00. The van der Waals surface area contributed by atoms with Crippen LogP contribution >= 0.6 is 0 Å². The van der Waals surface area contributed by atoms with E-state index in [-0.39, 0.29) is 6.10 Å². The van der Waals surface area contributed by atoms with E-state index in [1.165, 1.54) is 0 Å². The van der Waals surface area contributed by atoms with Gasteiger partial charge in [0.1, 0.15) is 18.5 Å². The molecule has 1 saturated heterocycles. The van der Waals surface area contributed by atoms with Gasteiger partial charge in [-0.3, -0.25) is 9.98 Å². The highest BCUT2D eigenvalue weighted by Crippen LogP contribution is 2.38. The topological polar surface area (TPSA) is 86.7 Å². The first-order chi connectivity index (χ1) is 17.7. The van der Waals surface area contributed by atoms with Gasteiger partial charge in [-0.25, -0.2) is 0 Å². The summed E-state index contributed by atoms with van der Waals surface area (Å²) in [6.45, 7) is 1.21. The number of fused-ring (bicyclic) bond motifs is 1. The molecule has 1 aromatic heterocycles. The molecular formula is C28H27N3O5. The third-order valence-electron chi connectivity index (χ3n) is 5.70. The number of nitrogens with one attached hydrogen (secondary N) is 1. The first-order valence-electron chi connectivity index (χ1n) is 11.5. The lowest BCUT2D eigenvalue weighted by Crippen LogP contribution is -2.06. The van der Waals surface area contributed by atoms with Crippen LogP contribution in [0.25, 0.3) is 10.9 Å². The number of anilines is 2. The van der Waals surface area contributed by atoms with Gasteiger partial charge in [0.2, 0.25) is 0 Å². The van der Waals surface area contributed by atoms with E-state index in [1.54, 1.807) is 33.7 Å². The number of aliphatic imine (C=N–C) groups is 1. The molecule has 3 aromatic carbocycles. The number of nitrogens with zero attached hydrogens (tertiary/aromatic N) is 2. The van der Waals surface area contributed by atoms with Crippen LogP contribution < -0.4 is 24.3 Å². The Balaban J connectivity index is 1.44. The molecule has 184 valence electrons. The van der Waals surface area contributed by atoms with Crippen molar-refractivity contribution >= 4 is 28.5 Å². The maximum Gasteiger partial charge on any atom is 0.169 e. The lowest BCUT2D eigenvalue weighted by atomic mass is 10.1. The predicted molar refractivity (Wildman–Crippen MR) is 140 cm³/mol. The zero-order valence-electron chi connectivity index (χ0n) is 20.4. The molecule has 0 spiro atoms. The largest absolute Gasteiger partial charge is 0.493 e. The molecule has 0 bridgehead atoms. The number of aromatic nitrogens is 1. The molecule has 5 rings (SSSR count). The van der Waals surface area contributed by atoms with E-state index in [1.807, 2.05) is 60.7 Å². The minimum atomic E-state index is 0.147. The van der Waals surface area contributed by atoms with Crippen molar-refractivity contribution in [3.63, 3.8) is 0 Å². The average Bonchev–Trinajstić information content (AvgIpc) is 3.74. The van der Waals surface area contributed by atoms with Crippen molar-refractivity contribution in [2.45, 2.75) is 6.10 Å². The van der Waals surface area contributed by atoms with E-state index in [4.69, 9.17) is 23.7 Å². The highest BCUT2D eigenvalue weighted by atomic mass is 16.6. The summed E-state index contributed by atoms with van der Waals surface area (Å²) >= 11 is 0. The summed E-state index contributed by atoms with van der Waals surface area (Å²) in [7, 11) is 4.98. The highest BCUT2D eigenvalue weighted by molar-refractivity contribution is 6.03. The SMILES string of the molecule is CN=Cc1cnc2cc(OC[C@@H]3CO3)c(OC)cc2c1Nc1ccc(Oc2ccccc2OC)cc1. The Labute approximate surface area is 209 Å². The molecule has 0 saturated carbocycles. The van der Waals surface area contributed by atoms with Crippen LogP contribution in [0.2, 0.25) is 0 Å². The standard InChI is InChI=1S/C28H27N3O5/c1-29-14-18-15-30-23-13-27(35-17-21-16-34-21)26(33-3)12-22(23)28(18)31-19-8-10-20(11-9-19)36-25-7-5-4-6-24(25)32-2/h4-15,21H,16-17H2,1-3H3,(H,30,31)/t21-/m0/s1. The number of pyridine rings is 1. The summed E-state index contributed by atoms with van der Waals surface area (Å²) in [6, 6.07) is 19.1. The van der Waals surface area contributed by atoms with Crippen molar-refractivity contribution in [2.24, 2.45) is 4.99 Å². The van der Waals surface area contributed by atoms with Crippen LogP contribution in [-0.2, 0) is 4.74 Å². The van der Waals surface area contributed by atoms with Gasteiger partial charge in [0.25, 0.3) is 0 Å². The van der Waals surface area contributed by atoms with Gasteiger partial charge in [-0.1, -0.05) is 12.1 Å². The summed E-state index contributed by atoms with van der Waals surface area (Å²) in [5.41, 5.74) is 3.36. The van der Waals surface area contributed by atoms with Crippen LogP contribution in [0, 0.1) is 0 Å². The van der Waals surface area contributed by atoms with E-state index >= 15 is 0 Å². The lowest BCUT2D eigenvalue weighted by Gasteiger charge is -2.16. The second-order valence-corrected chi connectivity index (χ2v) is 8.16. The van der Waals surface area contributed by atoms with E-state index in [9.17, 15) is 0 Å². The Morgan fingerprint density at radius 1 is 1.00 bits per heavy atom. The third kappa shape index (κ3) is 5.18. The van der Waals surface area contributed by atoms with Gasteiger partial charge in [-0.05, 0) is 42.5 Å². The van der Waals surface area contributed by atoms with E-state index in [0.717, 1.165) is 34.4 Å². The number of hydrogen-bond acceptors (Lipinski definition) is 8. The number of para-hydroxylation sites is 2. The minimum absolute atomic E-state index is 0.147. The van der Waals surface area contributed by atoms with Crippen molar-refractivity contribution in [2.75, 3.05) is 39.8 Å². The molecule has 0 amide bonds. The van der Waals surface area contributed by atoms with Crippen LogP contribution in [0.4, 0.5) is 11.4 Å². The zero-order valence-corrected chi connectivity index (χ0v) is 20.4. The van der Waals surface area contributed by atoms with Crippen LogP contribution in [0.1, 0.15) is 5.56 Å². The first-order valence-corrected chi connectivity index (χ1v) is 11.5. The summed E-state index contributed by atoms with van der Waals surface area (Å²) in [4.78, 5) is 8.83. The van der Waals surface area contributed by atoms with Crippen LogP contribution in [0.5, 0.6) is 28.7 Å². The molecule has 1 fully saturated rings. The van der Waals surface area contributed by atoms with Gasteiger partial charge in [0, 0.05) is 42.2 Å². The predicted octanol–water partition coefficient (Wildman–Crippen LogP) is 5.61. The number of ether oxygens (including phenoxy) is 5. The molecule has 2 heterocycles. The van der Waals surface area contributed by atoms with Crippen LogP contribution in [0.15, 0.2) is 71.9 Å². The molecule has 0 unspecified atom stereocenters. The van der Waals surface area contributed by atoms with Crippen molar-refractivity contribution in [1.82, 2.24) is 4.98 Å². The molecule has 4 aromatic rings. The smallest absolute Gasteiger partial charge is 0.169 e. The van der Waals surface area contributed by atoms with E-state index in [2.05, 4.69) is 15.3 Å². The quantitative estimate of drug-likeness (QED) is 0.231. The van der Waals surface area contributed by atoms with Crippen molar-refractivity contribution in [3.05, 3.63) is 72.4 Å². The number of epoxide rings is 1. The lowest BCUT2D eigenvalue weighted by molar-refractivity contribution is 0.252. The van der Waals surface area contributed by atoms with Crippen molar-refractivity contribution in [3.8, 4) is 28.7 Å².